The van der Waals surface area contributed by atoms with E-state index < -0.39 is 11.5 Å². The highest BCUT2D eigenvalue weighted by atomic mass is 32.1. The van der Waals surface area contributed by atoms with E-state index in [-0.39, 0.29) is 11.3 Å². The molecule has 2 heterocycles. The molecule has 0 aliphatic rings. The number of aryl methyl sites for hydroxylation is 1. The number of fused-ring (bicyclic) bond motifs is 1. The third-order valence-electron chi connectivity index (χ3n) is 3.23. The Morgan fingerprint density at radius 3 is 2.67 bits per heavy atom. The maximum atomic E-state index is 12.3. The molecule has 0 fully saturated rings. The molecule has 0 radical (unpaired) electrons. The summed E-state index contributed by atoms with van der Waals surface area (Å²) in [5.41, 5.74) is 0.414. The van der Waals surface area contributed by atoms with Crippen molar-refractivity contribution >= 4 is 33.1 Å². The maximum absolute atomic E-state index is 12.3. The van der Waals surface area contributed by atoms with Gasteiger partial charge in [-0.1, -0.05) is 18.2 Å². The first-order valence-corrected chi connectivity index (χ1v) is 7.13. The standard InChI is InChI=1S/C15H12N2O3S/c1-17-10-7-8-21-13(10)12(18)11(15(17)20)14(19)16-9-5-3-2-4-6-9/h2-8,18H,1H3,(H,16,19). The van der Waals surface area contributed by atoms with Gasteiger partial charge in [-0.05, 0) is 23.6 Å². The molecule has 3 rings (SSSR count). The number of aromatic nitrogens is 1. The second kappa shape index (κ2) is 5.06. The molecule has 0 atom stereocenters. The van der Waals surface area contributed by atoms with Crippen molar-refractivity contribution < 1.29 is 9.90 Å². The van der Waals surface area contributed by atoms with Gasteiger partial charge >= 0.3 is 0 Å². The maximum Gasteiger partial charge on any atom is 0.267 e. The van der Waals surface area contributed by atoms with Gasteiger partial charge in [-0.15, -0.1) is 11.3 Å². The molecule has 0 aliphatic carbocycles. The molecule has 0 spiro atoms. The van der Waals surface area contributed by atoms with Gasteiger partial charge in [-0.25, -0.2) is 0 Å². The number of pyridine rings is 1. The molecule has 1 amide bonds. The van der Waals surface area contributed by atoms with Gasteiger partial charge in [0.25, 0.3) is 11.5 Å². The molecule has 0 saturated carbocycles. The number of hydrogen-bond acceptors (Lipinski definition) is 4. The number of benzene rings is 1. The number of carbonyl (C=O) groups is 1. The van der Waals surface area contributed by atoms with Crippen molar-refractivity contribution in [2.75, 3.05) is 5.32 Å². The number of carbonyl (C=O) groups excluding carboxylic acids is 1. The SMILES string of the molecule is Cn1c(=O)c(C(=O)Nc2ccccc2)c(O)c2sccc21. The Morgan fingerprint density at radius 2 is 1.95 bits per heavy atom. The second-order valence-electron chi connectivity index (χ2n) is 4.54. The largest absolute Gasteiger partial charge is 0.505 e. The Kier molecular flexibility index (Phi) is 3.23. The topological polar surface area (TPSA) is 71.3 Å². The van der Waals surface area contributed by atoms with Crippen LogP contribution < -0.4 is 10.9 Å². The molecule has 1 aromatic carbocycles. The molecule has 0 saturated heterocycles. The summed E-state index contributed by atoms with van der Waals surface area (Å²) >= 11 is 1.28. The summed E-state index contributed by atoms with van der Waals surface area (Å²) < 4.78 is 1.89. The molecule has 6 heteroatoms. The van der Waals surface area contributed by atoms with Gasteiger partial charge < -0.3 is 15.0 Å². The molecule has 0 bridgehead atoms. The summed E-state index contributed by atoms with van der Waals surface area (Å²) in [5.74, 6) is -0.883. The molecule has 0 aliphatic heterocycles. The zero-order valence-electron chi connectivity index (χ0n) is 11.2. The fraction of sp³-hybridized carbons (Fsp3) is 0.0667. The summed E-state index contributed by atoms with van der Waals surface area (Å²) in [4.78, 5) is 24.6. The Labute approximate surface area is 124 Å². The van der Waals surface area contributed by atoms with Crippen LogP contribution in [0.15, 0.2) is 46.6 Å². The molecule has 2 N–H and O–H groups in total. The minimum atomic E-state index is -0.616. The number of thiophene rings is 1. The molecular formula is C15H12N2O3S. The van der Waals surface area contributed by atoms with Gasteiger partial charge in [0.2, 0.25) is 0 Å². The number of hydrogen-bond donors (Lipinski definition) is 2. The van der Waals surface area contributed by atoms with Crippen LogP contribution in [0.1, 0.15) is 10.4 Å². The zero-order chi connectivity index (χ0) is 15.0. The zero-order valence-corrected chi connectivity index (χ0v) is 12.0. The van der Waals surface area contributed by atoms with Crippen LogP contribution in [-0.2, 0) is 7.05 Å². The fourth-order valence-corrected chi connectivity index (χ4v) is 3.03. The average molecular weight is 300 g/mol. The van der Waals surface area contributed by atoms with Crippen molar-refractivity contribution in [3.8, 4) is 5.75 Å². The monoisotopic (exact) mass is 300 g/mol. The van der Waals surface area contributed by atoms with Crippen LogP contribution in [0.5, 0.6) is 5.75 Å². The van der Waals surface area contributed by atoms with E-state index in [0.717, 1.165) is 0 Å². The third kappa shape index (κ3) is 2.19. The average Bonchev–Trinajstić information content (AvgIpc) is 2.96. The summed E-state index contributed by atoms with van der Waals surface area (Å²) in [6.07, 6.45) is 0. The Balaban J connectivity index is 2.12. The van der Waals surface area contributed by atoms with Crippen LogP contribution in [0.3, 0.4) is 0 Å². The lowest BCUT2D eigenvalue weighted by Gasteiger charge is -2.09. The van der Waals surface area contributed by atoms with E-state index in [4.69, 9.17) is 0 Å². The van der Waals surface area contributed by atoms with Crippen molar-refractivity contribution in [3.05, 3.63) is 57.7 Å². The Bertz CT molecular complexity index is 881. The first kappa shape index (κ1) is 13.4. The number of nitrogens with one attached hydrogen (secondary N) is 1. The van der Waals surface area contributed by atoms with Crippen molar-refractivity contribution in [1.29, 1.82) is 0 Å². The van der Waals surface area contributed by atoms with Crippen LogP contribution >= 0.6 is 11.3 Å². The molecule has 21 heavy (non-hydrogen) atoms. The van der Waals surface area contributed by atoms with Gasteiger partial charge in [0.15, 0.2) is 5.75 Å². The van der Waals surface area contributed by atoms with E-state index in [1.54, 1.807) is 42.8 Å². The van der Waals surface area contributed by atoms with E-state index >= 15 is 0 Å². The molecule has 2 aromatic heterocycles. The minimum absolute atomic E-state index is 0.240. The first-order chi connectivity index (χ1) is 10.1. The third-order valence-corrected chi connectivity index (χ3v) is 4.15. The molecule has 5 nitrogen and oxygen atoms in total. The highest BCUT2D eigenvalue weighted by molar-refractivity contribution is 7.17. The van der Waals surface area contributed by atoms with Gasteiger partial charge in [0.1, 0.15) is 5.56 Å². The fourth-order valence-electron chi connectivity index (χ4n) is 2.16. The summed E-state index contributed by atoms with van der Waals surface area (Å²) in [7, 11) is 1.58. The number of para-hydroxylation sites is 1. The van der Waals surface area contributed by atoms with Crippen molar-refractivity contribution in [1.82, 2.24) is 4.57 Å². The summed E-state index contributed by atoms with van der Waals surface area (Å²) in [5, 5.41) is 14.6. The van der Waals surface area contributed by atoms with Crippen molar-refractivity contribution in [2.24, 2.45) is 7.05 Å². The van der Waals surface area contributed by atoms with Crippen LogP contribution in [0.2, 0.25) is 0 Å². The molecule has 3 aromatic rings. The smallest absolute Gasteiger partial charge is 0.267 e. The van der Waals surface area contributed by atoms with Crippen molar-refractivity contribution in [3.63, 3.8) is 0 Å². The van der Waals surface area contributed by atoms with E-state index in [9.17, 15) is 14.7 Å². The van der Waals surface area contributed by atoms with E-state index in [0.29, 0.717) is 15.9 Å². The predicted molar refractivity (Wildman–Crippen MR) is 83.1 cm³/mol. The Morgan fingerprint density at radius 1 is 1.24 bits per heavy atom. The van der Waals surface area contributed by atoms with Crippen LogP contribution in [0.4, 0.5) is 5.69 Å². The van der Waals surface area contributed by atoms with Crippen molar-refractivity contribution in [2.45, 2.75) is 0 Å². The minimum Gasteiger partial charge on any atom is -0.505 e. The van der Waals surface area contributed by atoms with Crippen LogP contribution in [0.25, 0.3) is 10.2 Å². The molecule has 0 unspecified atom stereocenters. The van der Waals surface area contributed by atoms with Crippen LogP contribution in [0, 0.1) is 0 Å². The number of rotatable bonds is 2. The summed E-state index contributed by atoms with van der Waals surface area (Å²) in [6.45, 7) is 0. The van der Waals surface area contributed by atoms with Gasteiger partial charge in [0, 0.05) is 12.7 Å². The quantitative estimate of drug-likeness (QED) is 0.764. The number of amides is 1. The van der Waals surface area contributed by atoms with Gasteiger partial charge in [-0.3, -0.25) is 9.59 Å². The highest BCUT2D eigenvalue weighted by Crippen LogP contribution is 2.30. The lowest BCUT2D eigenvalue weighted by atomic mass is 10.2. The lowest BCUT2D eigenvalue weighted by molar-refractivity contribution is 0.102. The predicted octanol–water partition coefficient (Wildman–Crippen LogP) is 2.56. The van der Waals surface area contributed by atoms with Gasteiger partial charge in [-0.2, -0.15) is 0 Å². The summed E-state index contributed by atoms with van der Waals surface area (Å²) in [6, 6.07) is 10.5. The Hall–Kier alpha value is -2.60. The van der Waals surface area contributed by atoms with Crippen LogP contribution in [-0.4, -0.2) is 15.6 Å². The number of aromatic hydroxyl groups is 1. The van der Waals surface area contributed by atoms with E-state index in [1.165, 1.54) is 15.9 Å². The first-order valence-electron chi connectivity index (χ1n) is 6.25. The molecular weight excluding hydrogens is 288 g/mol. The van der Waals surface area contributed by atoms with E-state index in [1.807, 2.05) is 6.07 Å². The number of anilines is 1. The molecule has 106 valence electrons. The lowest BCUT2D eigenvalue weighted by Crippen LogP contribution is -2.27. The number of nitrogens with zero attached hydrogens (tertiary/aromatic N) is 1. The van der Waals surface area contributed by atoms with E-state index in [2.05, 4.69) is 5.32 Å². The van der Waals surface area contributed by atoms with Gasteiger partial charge in [0.05, 0.1) is 10.2 Å². The highest BCUT2D eigenvalue weighted by Gasteiger charge is 2.21. The second-order valence-corrected chi connectivity index (χ2v) is 5.46. The normalized spacial score (nSPS) is 10.7.